The van der Waals surface area contributed by atoms with Gasteiger partial charge in [-0.3, -0.25) is 4.79 Å². The number of methoxy groups -OCH3 is 1. The Kier molecular flexibility index (Phi) is 2.51. The zero-order valence-corrected chi connectivity index (χ0v) is 9.64. The monoisotopic (exact) mass is 214 g/mol. The number of aliphatic hydroxyl groups excluding tert-OH is 1. The van der Waals surface area contributed by atoms with Gasteiger partial charge in [0.1, 0.15) is 12.0 Å². The van der Waals surface area contributed by atoms with E-state index in [4.69, 9.17) is 4.74 Å². The minimum atomic E-state index is -0.513. The van der Waals surface area contributed by atoms with Crippen LogP contribution < -0.4 is 0 Å². The third-order valence-electron chi connectivity index (χ3n) is 4.41. The number of quaternary nitrogens is 1. The van der Waals surface area contributed by atoms with Crippen LogP contribution in [0.3, 0.4) is 0 Å². The van der Waals surface area contributed by atoms with Gasteiger partial charge in [-0.05, 0) is 0 Å². The summed E-state index contributed by atoms with van der Waals surface area (Å²) >= 11 is 0. The Balaban J connectivity index is 2.27. The van der Waals surface area contributed by atoms with Gasteiger partial charge < -0.3 is 14.3 Å². The van der Waals surface area contributed by atoms with E-state index in [2.05, 4.69) is 14.1 Å². The second-order valence-corrected chi connectivity index (χ2v) is 5.28. The van der Waals surface area contributed by atoms with E-state index in [0.29, 0.717) is 6.04 Å². The molecule has 2 aliphatic heterocycles. The van der Waals surface area contributed by atoms with Crippen LogP contribution in [-0.4, -0.2) is 55.0 Å². The van der Waals surface area contributed by atoms with E-state index in [1.807, 2.05) is 0 Å². The quantitative estimate of drug-likeness (QED) is 0.499. The van der Waals surface area contributed by atoms with Gasteiger partial charge in [0.05, 0.1) is 33.4 Å². The van der Waals surface area contributed by atoms with Gasteiger partial charge >= 0.3 is 5.97 Å². The molecular formula is C11H20NO3+. The van der Waals surface area contributed by atoms with Gasteiger partial charge in [0, 0.05) is 19.3 Å². The summed E-state index contributed by atoms with van der Waals surface area (Å²) in [6.45, 7) is 0. The molecule has 0 radical (unpaired) electrons. The normalized spacial score (nSPS) is 42.7. The Morgan fingerprint density at radius 1 is 1.40 bits per heavy atom. The first-order valence-electron chi connectivity index (χ1n) is 5.57. The van der Waals surface area contributed by atoms with E-state index < -0.39 is 6.10 Å². The number of hydrogen-bond acceptors (Lipinski definition) is 3. The van der Waals surface area contributed by atoms with Gasteiger partial charge in [0.2, 0.25) is 0 Å². The lowest BCUT2D eigenvalue weighted by atomic mass is 9.86. The lowest BCUT2D eigenvalue weighted by Gasteiger charge is -2.46. The molecule has 0 amide bonds. The van der Waals surface area contributed by atoms with Crippen molar-refractivity contribution in [1.29, 1.82) is 0 Å². The molecule has 2 rings (SSSR count). The molecule has 1 N–H and O–H groups in total. The number of esters is 1. The number of aliphatic hydroxyl groups is 1. The highest BCUT2D eigenvalue weighted by molar-refractivity contribution is 5.74. The number of ether oxygens (including phenoxy) is 1. The Hall–Kier alpha value is -0.610. The molecule has 2 heterocycles. The second kappa shape index (κ2) is 3.46. The van der Waals surface area contributed by atoms with Crippen LogP contribution in [0.4, 0.5) is 0 Å². The molecule has 0 aromatic heterocycles. The first-order valence-corrected chi connectivity index (χ1v) is 5.57. The number of hydrogen-bond donors (Lipinski definition) is 1. The minimum absolute atomic E-state index is 0.228. The summed E-state index contributed by atoms with van der Waals surface area (Å²) in [4.78, 5) is 11.7. The summed E-state index contributed by atoms with van der Waals surface area (Å²) in [5.41, 5.74) is 0. The molecule has 0 aromatic rings. The van der Waals surface area contributed by atoms with Crippen molar-refractivity contribution >= 4 is 5.97 Å². The molecule has 86 valence electrons. The molecule has 0 aromatic carbocycles. The maximum absolute atomic E-state index is 11.7. The molecule has 0 saturated carbocycles. The smallest absolute Gasteiger partial charge is 0.317 e. The van der Waals surface area contributed by atoms with E-state index in [-0.39, 0.29) is 17.9 Å². The van der Waals surface area contributed by atoms with Crippen molar-refractivity contribution in [2.75, 3.05) is 21.2 Å². The summed E-state index contributed by atoms with van der Waals surface area (Å²) in [5.74, 6) is -0.581. The van der Waals surface area contributed by atoms with Gasteiger partial charge in [0.15, 0.2) is 0 Å². The van der Waals surface area contributed by atoms with Crippen molar-refractivity contribution in [3.63, 3.8) is 0 Å². The number of rotatable bonds is 1. The van der Waals surface area contributed by atoms with Gasteiger partial charge in [-0.1, -0.05) is 0 Å². The topological polar surface area (TPSA) is 46.5 Å². The highest BCUT2D eigenvalue weighted by Crippen LogP contribution is 2.43. The molecule has 4 heteroatoms. The second-order valence-electron chi connectivity index (χ2n) is 5.28. The standard InChI is InChI=1S/C11H20NO3/c1-12(2)7-4-5-8(12)10(9(13)6-7)11(14)15-3/h7-10,13H,4-6H2,1-3H3/q+1/t7-,8-,9+,10-/m0/s1. The lowest BCUT2D eigenvalue weighted by Crippen LogP contribution is -2.62. The highest BCUT2D eigenvalue weighted by Gasteiger charge is 2.57. The Morgan fingerprint density at radius 2 is 2.07 bits per heavy atom. The molecule has 2 fully saturated rings. The third kappa shape index (κ3) is 1.47. The maximum Gasteiger partial charge on any atom is 0.317 e. The molecule has 0 spiro atoms. The van der Waals surface area contributed by atoms with Crippen LogP contribution in [-0.2, 0) is 9.53 Å². The highest BCUT2D eigenvalue weighted by atomic mass is 16.5. The van der Waals surface area contributed by atoms with Crippen molar-refractivity contribution in [2.24, 2.45) is 5.92 Å². The van der Waals surface area contributed by atoms with Crippen molar-refractivity contribution < 1.29 is 19.1 Å². The fraction of sp³-hybridized carbons (Fsp3) is 0.909. The van der Waals surface area contributed by atoms with Crippen LogP contribution in [0.2, 0.25) is 0 Å². The molecule has 4 nitrogen and oxygen atoms in total. The average molecular weight is 214 g/mol. The third-order valence-corrected chi connectivity index (χ3v) is 4.41. The Morgan fingerprint density at radius 3 is 2.67 bits per heavy atom. The maximum atomic E-state index is 11.7. The van der Waals surface area contributed by atoms with E-state index in [0.717, 1.165) is 23.7 Å². The van der Waals surface area contributed by atoms with Crippen molar-refractivity contribution in [3.05, 3.63) is 0 Å². The number of nitrogens with zero attached hydrogens (tertiary/aromatic N) is 1. The summed E-state index contributed by atoms with van der Waals surface area (Å²) in [7, 11) is 5.71. The molecule has 15 heavy (non-hydrogen) atoms. The zero-order valence-electron chi connectivity index (χ0n) is 9.64. The number of fused-ring (bicyclic) bond motifs is 2. The average Bonchev–Trinajstić information content (AvgIpc) is 2.39. The molecule has 0 aliphatic carbocycles. The van der Waals surface area contributed by atoms with E-state index in [1.54, 1.807) is 0 Å². The van der Waals surface area contributed by atoms with E-state index >= 15 is 0 Å². The summed E-state index contributed by atoms with van der Waals surface area (Å²) in [6, 6.07) is 0.733. The predicted molar refractivity (Wildman–Crippen MR) is 55.0 cm³/mol. The van der Waals surface area contributed by atoms with Gasteiger partial charge in [-0.2, -0.15) is 0 Å². The van der Waals surface area contributed by atoms with E-state index in [1.165, 1.54) is 7.11 Å². The summed E-state index contributed by atoms with van der Waals surface area (Å²) < 4.78 is 5.65. The van der Waals surface area contributed by atoms with Gasteiger partial charge in [-0.15, -0.1) is 0 Å². The molecule has 2 aliphatic rings. The van der Waals surface area contributed by atoms with Crippen LogP contribution >= 0.6 is 0 Å². The van der Waals surface area contributed by atoms with Crippen molar-refractivity contribution in [2.45, 2.75) is 37.5 Å². The molecule has 2 saturated heterocycles. The largest absolute Gasteiger partial charge is 0.469 e. The minimum Gasteiger partial charge on any atom is -0.469 e. The SMILES string of the molecule is COC(=O)[C@@H]1[C@H](O)C[C@@H]2CC[C@@H]1[N+]2(C)C. The fourth-order valence-corrected chi connectivity index (χ4v) is 3.41. The molecule has 4 atom stereocenters. The molecule has 0 unspecified atom stereocenters. The fourth-order valence-electron chi connectivity index (χ4n) is 3.41. The van der Waals surface area contributed by atoms with Crippen LogP contribution in [0.15, 0.2) is 0 Å². The summed E-state index contributed by atoms with van der Waals surface area (Å²) in [6.07, 6.45) is 2.35. The van der Waals surface area contributed by atoms with Crippen molar-refractivity contribution in [3.8, 4) is 0 Å². The zero-order chi connectivity index (χ0) is 11.2. The van der Waals surface area contributed by atoms with Crippen LogP contribution in [0.25, 0.3) is 0 Å². The first kappa shape index (κ1) is 10.9. The number of piperidine rings is 1. The number of carbonyl (C=O) groups is 1. The van der Waals surface area contributed by atoms with Crippen LogP contribution in [0, 0.1) is 5.92 Å². The van der Waals surface area contributed by atoms with Crippen LogP contribution in [0.1, 0.15) is 19.3 Å². The van der Waals surface area contributed by atoms with E-state index in [9.17, 15) is 9.90 Å². The molecule has 2 bridgehead atoms. The van der Waals surface area contributed by atoms with Crippen LogP contribution in [0.5, 0.6) is 0 Å². The number of carbonyl (C=O) groups excluding carboxylic acids is 1. The predicted octanol–water partition coefficient (Wildman–Crippen LogP) is 0.148. The lowest BCUT2D eigenvalue weighted by molar-refractivity contribution is -0.934. The molecular weight excluding hydrogens is 194 g/mol. The Labute approximate surface area is 90.4 Å². The van der Waals surface area contributed by atoms with Gasteiger partial charge in [-0.25, -0.2) is 0 Å². The summed E-state index contributed by atoms with van der Waals surface area (Å²) in [5, 5.41) is 9.97. The van der Waals surface area contributed by atoms with Gasteiger partial charge in [0.25, 0.3) is 0 Å². The Bertz CT molecular complexity index is 277. The first-order chi connectivity index (χ1) is 6.98. The van der Waals surface area contributed by atoms with Crippen molar-refractivity contribution in [1.82, 2.24) is 0 Å².